The molecule has 0 saturated heterocycles. The molecule has 0 aliphatic heterocycles. The molecule has 20 heavy (non-hydrogen) atoms. The Bertz CT molecular complexity index is 521. The Morgan fingerprint density at radius 2 is 1.90 bits per heavy atom. The van der Waals surface area contributed by atoms with Gasteiger partial charge in [-0.2, -0.15) is 0 Å². The fraction of sp³-hybridized carbons (Fsp3) is 0.688. The number of nitrogens with zero attached hydrogens (tertiary/aromatic N) is 2. The largest absolute Gasteiger partial charge is 0.481 e. The van der Waals surface area contributed by atoms with Crippen LogP contribution in [0.1, 0.15) is 67.2 Å². The number of rotatable bonds is 2. The van der Waals surface area contributed by atoms with Crippen LogP contribution in [0, 0.1) is 12.8 Å². The Morgan fingerprint density at radius 3 is 2.60 bits per heavy atom. The number of aliphatic carboxylic acids is 1. The summed E-state index contributed by atoms with van der Waals surface area (Å²) in [5, 5.41) is 9.17. The van der Waals surface area contributed by atoms with E-state index >= 15 is 0 Å². The summed E-state index contributed by atoms with van der Waals surface area (Å²) in [6, 6.07) is 0. The molecule has 2 aliphatic carbocycles. The maximum absolute atomic E-state index is 11.1. The van der Waals surface area contributed by atoms with E-state index in [9.17, 15) is 9.90 Å². The summed E-state index contributed by atoms with van der Waals surface area (Å²) in [4.78, 5) is 20.6. The second-order valence-electron chi connectivity index (χ2n) is 6.21. The zero-order chi connectivity index (χ0) is 14.1. The van der Waals surface area contributed by atoms with Crippen molar-refractivity contribution in [1.29, 1.82) is 0 Å². The van der Waals surface area contributed by atoms with Crippen molar-refractivity contribution in [2.75, 3.05) is 0 Å². The third kappa shape index (κ3) is 2.56. The molecular formula is C16H22N2O2. The van der Waals surface area contributed by atoms with Crippen LogP contribution in [0.2, 0.25) is 0 Å². The molecule has 0 spiro atoms. The van der Waals surface area contributed by atoms with E-state index in [0.717, 1.165) is 29.2 Å². The first-order valence-electron chi connectivity index (χ1n) is 7.74. The molecule has 0 amide bonds. The van der Waals surface area contributed by atoms with E-state index < -0.39 is 5.97 Å². The van der Waals surface area contributed by atoms with Gasteiger partial charge in [-0.05, 0) is 44.6 Å². The van der Waals surface area contributed by atoms with Gasteiger partial charge in [0.2, 0.25) is 0 Å². The summed E-state index contributed by atoms with van der Waals surface area (Å²) >= 11 is 0. The van der Waals surface area contributed by atoms with Crippen molar-refractivity contribution in [3.63, 3.8) is 0 Å². The number of hydrogen-bond acceptors (Lipinski definition) is 3. The standard InChI is InChI=1S/C16H22N2O2/c1-10-13-9-12(16(19)20)7-8-14(13)18-15(17-10)11-5-3-2-4-6-11/h11-12H,2-9H2,1H3,(H,19,20). The molecule has 1 atom stereocenters. The Balaban J connectivity index is 1.87. The molecule has 4 nitrogen and oxygen atoms in total. The quantitative estimate of drug-likeness (QED) is 0.900. The zero-order valence-electron chi connectivity index (χ0n) is 12.1. The molecule has 0 aromatic carbocycles. The maximum atomic E-state index is 11.1. The summed E-state index contributed by atoms with van der Waals surface area (Å²) < 4.78 is 0. The molecule has 1 unspecified atom stereocenters. The maximum Gasteiger partial charge on any atom is 0.306 e. The van der Waals surface area contributed by atoms with Crippen molar-refractivity contribution in [3.8, 4) is 0 Å². The highest BCUT2D eigenvalue weighted by Gasteiger charge is 2.28. The first-order valence-corrected chi connectivity index (χ1v) is 7.74. The Kier molecular flexibility index (Phi) is 3.72. The monoisotopic (exact) mass is 274 g/mol. The minimum atomic E-state index is -0.689. The zero-order valence-corrected chi connectivity index (χ0v) is 12.1. The lowest BCUT2D eigenvalue weighted by molar-refractivity contribution is -0.142. The van der Waals surface area contributed by atoms with E-state index in [1.165, 1.54) is 32.1 Å². The molecule has 4 heteroatoms. The van der Waals surface area contributed by atoms with Crippen molar-refractivity contribution in [3.05, 3.63) is 22.8 Å². The van der Waals surface area contributed by atoms with Crippen LogP contribution in [-0.2, 0) is 17.6 Å². The Morgan fingerprint density at radius 1 is 1.15 bits per heavy atom. The average molecular weight is 274 g/mol. The third-order valence-electron chi connectivity index (χ3n) is 4.82. The van der Waals surface area contributed by atoms with Gasteiger partial charge >= 0.3 is 5.97 Å². The molecule has 1 heterocycles. The van der Waals surface area contributed by atoms with E-state index in [1.54, 1.807) is 0 Å². The molecule has 108 valence electrons. The molecule has 1 aromatic heterocycles. The summed E-state index contributed by atoms with van der Waals surface area (Å²) in [6.45, 7) is 2.01. The van der Waals surface area contributed by atoms with Crippen LogP contribution in [0.3, 0.4) is 0 Å². The predicted molar refractivity (Wildman–Crippen MR) is 75.7 cm³/mol. The number of fused-ring (bicyclic) bond motifs is 1. The van der Waals surface area contributed by atoms with Gasteiger partial charge in [-0.1, -0.05) is 19.3 Å². The van der Waals surface area contributed by atoms with Crippen molar-refractivity contribution < 1.29 is 9.90 Å². The normalized spacial score (nSPS) is 23.4. The molecule has 1 fully saturated rings. The fourth-order valence-corrected chi connectivity index (χ4v) is 3.56. The van der Waals surface area contributed by atoms with Gasteiger partial charge in [0.15, 0.2) is 0 Å². The van der Waals surface area contributed by atoms with E-state index in [1.807, 2.05) is 6.92 Å². The first kappa shape index (κ1) is 13.5. The minimum Gasteiger partial charge on any atom is -0.481 e. The number of carbonyl (C=O) groups is 1. The van der Waals surface area contributed by atoms with Crippen molar-refractivity contribution in [2.24, 2.45) is 5.92 Å². The van der Waals surface area contributed by atoms with E-state index in [4.69, 9.17) is 9.97 Å². The van der Waals surface area contributed by atoms with Crippen LogP contribution in [0.25, 0.3) is 0 Å². The van der Waals surface area contributed by atoms with Crippen molar-refractivity contribution in [2.45, 2.75) is 64.2 Å². The molecule has 3 rings (SSSR count). The van der Waals surface area contributed by atoms with Gasteiger partial charge in [0.25, 0.3) is 0 Å². The van der Waals surface area contributed by atoms with Gasteiger partial charge in [0.1, 0.15) is 5.82 Å². The van der Waals surface area contributed by atoms with Gasteiger partial charge in [-0.3, -0.25) is 4.79 Å². The first-order chi connectivity index (χ1) is 9.65. The SMILES string of the molecule is Cc1nc(C2CCCCC2)nc2c1CC(C(=O)O)CC2. The predicted octanol–water partition coefficient (Wildman–Crippen LogP) is 3.02. The average Bonchev–Trinajstić information content (AvgIpc) is 2.47. The lowest BCUT2D eigenvalue weighted by atomic mass is 9.84. The number of aromatic nitrogens is 2. The topological polar surface area (TPSA) is 63.1 Å². The van der Waals surface area contributed by atoms with Crippen LogP contribution in [0.4, 0.5) is 0 Å². The van der Waals surface area contributed by atoms with Crippen LogP contribution in [-0.4, -0.2) is 21.0 Å². The summed E-state index contributed by atoms with van der Waals surface area (Å²) in [5.74, 6) is 0.580. The summed E-state index contributed by atoms with van der Waals surface area (Å²) in [7, 11) is 0. The number of hydrogen-bond donors (Lipinski definition) is 1. The second-order valence-corrected chi connectivity index (χ2v) is 6.21. The molecular weight excluding hydrogens is 252 g/mol. The van der Waals surface area contributed by atoms with Gasteiger partial charge in [-0.15, -0.1) is 0 Å². The van der Waals surface area contributed by atoms with Gasteiger partial charge in [0, 0.05) is 17.3 Å². The smallest absolute Gasteiger partial charge is 0.306 e. The highest BCUT2D eigenvalue weighted by atomic mass is 16.4. The summed E-state index contributed by atoms with van der Waals surface area (Å²) in [6.07, 6.45) is 8.41. The molecule has 1 saturated carbocycles. The Hall–Kier alpha value is -1.45. The van der Waals surface area contributed by atoms with Crippen LogP contribution >= 0.6 is 0 Å². The van der Waals surface area contributed by atoms with Crippen LogP contribution < -0.4 is 0 Å². The molecule has 2 aliphatic rings. The van der Waals surface area contributed by atoms with Crippen molar-refractivity contribution >= 4 is 5.97 Å². The second kappa shape index (κ2) is 5.51. The van der Waals surface area contributed by atoms with E-state index in [0.29, 0.717) is 18.8 Å². The lowest BCUT2D eigenvalue weighted by Crippen LogP contribution is -2.25. The fourth-order valence-electron chi connectivity index (χ4n) is 3.56. The van der Waals surface area contributed by atoms with Gasteiger partial charge in [0.05, 0.1) is 5.92 Å². The highest BCUT2D eigenvalue weighted by molar-refractivity contribution is 5.71. The van der Waals surface area contributed by atoms with E-state index in [-0.39, 0.29) is 5.92 Å². The molecule has 0 bridgehead atoms. The molecule has 0 radical (unpaired) electrons. The van der Waals surface area contributed by atoms with E-state index in [2.05, 4.69) is 0 Å². The van der Waals surface area contributed by atoms with Gasteiger partial charge < -0.3 is 5.11 Å². The number of carboxylic acid groups (broad SMARTS) is 1. The lowest BCUT2D eigenvalue weighted by Gasteiger charge is -2.25. The Labute approximate surface area is 119 Å². The summed E-state index contributed by atoms with van der Waals surface area (Å²) in [5.41, 5.74) is 3.19. The number of aryl methyl sites for hydroxylation is 2. The van der Waals surface area contributed by atoms with Gasteiger partial charge in [-0.25, -0.2) is 9.97 Å². The third-order valence-corrected chi connectivity index (χ3v) is 4.82. The number of carboxylic acids is 1. The van der Waals surface area contributed by atoms with Crippen LogP contribution in [0.5, 0.6) is 0 Å². The van der Waals surface area contributed by atoms with Crippen molar-refractivity contribution in [1.82, 2.24) is 9.97 Å². The molecule has 1 aromatic rings. The highest BCUT2D eigenvalue weighted by Crippen LogP contribution is 2.33. The minimum absolute atomic E-state index is 0.259. The van der Waals surface area contributed by atoms with Crippen LogP contribution in [0.15, 0.2) is 0 Å². The molecule has 1 N–H and O–H groups in total.